The molecule has 0 aliphatic carbocycles. The summed E-state index contributed by atoms with van der Waals surface area (Å²) in [5, 5.41) is 15.5. The molecule has 0 spiro atoms. The van der Waals surface area contributed by atoms with Gasteiger partial charge >= 0.3 is 6.09 Å². The first-order chi connectivity index (χ1) is 13.0. The highest BCUT2D eigenvalue weighted by Gasteiger charge is 2.11. The predicted octanol–water partition coefficient (Wildman–Crippen LogP) is 1.28. The lowest BCUT2D eigenvalue weighted by atomic mass is 10.3. The summed E-state index contributed by atoms with van der Waals surface area (Å²) in [4.78, 5) is 42.4. The standard InChI is InChI=1S/C16H23N5O5S/c1-3-11(8-17-2)9-26-16(24)20-15-19-12(10-27-15)7-14(23)18-6-4-5-13(22)21-25/h3,8,10,25H,4-7,9H2,1-2H3,(H,18,23)(H,21,22)(H,19,20,24)/b11-3+,17-8-. The molecule has 148 valence electrons. The fraction of sp³-hybridized carbons (Fsp3) is 0.438. The fourth-order valence-electron chi connectivity index (χ4n) is 1.84. The number of hydroxylamine groups is 1. The molecule has 0 unspecified atom stereocenters. The molecule has 1 aromatic rings. The van der Waals surface area contributed by atoms with Crippen molar-refractivity contribution in [2.24, 2.45) is 4.99 Å². The van der Waals surface area contributed by atoms with Gasteiger partial charge in [0.05, 0.1) is 12.1 Å². The van der Waals surface area contributed by atoms with Crippen molar-refractivity contribution < 1.29 is 24.3 Å². The van der Waals surface area contributed by atoms with Gasteiger partial charge in [0.25, 0.3) is 0 Å². The number of carbonyl (C=O) groups is 3. The lowest BCUT2D eigenvalue weighted by molar-refractivity contribution is -0.129. The van der Waals surface area contributed by atoms with E-state index in [1.807, 2.05) is 6.92 Å². The predicted molar refractivity (Wildman–Crippen MR) is 101 cm³/mol. The van der Waals surface area contributed by atoms with E-state index in [1.165, 1.54) is 16.8 Å². The number of thiazole rings is 1. The lowest BCUT2D eigenvalue weighted by Gasteiger charge is -2.05. The monoisotopic (exact) mass is 397 g/mol. The van der Waals surface area contributed by atoms with Crippen LogP contribution >= 0.6 is 11.3 Å². The molecule has 10 nitrogen and oxygen atoms in total. The first-order valence-electron chi connectivity index (χ1n) is 8.13. The summed E-state index contributed by atoms with van der Waals surface area (Å²) < 4.78 is 5.06. The summed E-state index contributed by atoms with van der Waals surface area (Å²) in [7, 11) is 1.63. The maximum absolute atomic E-state index is 11.8. The van der Waals surface area contributed by atoms with Crippen LogP contribution in [0.3, 0.4) is 0 Å². The van der Waals surface area contributed by atoms with Crippen molar-refractivity contribution >= 4 is 40.6 Å². The number of hydrogen-bond donors (Lipinski definition) is 4. The average molecular weight is 397 g/mol. The van der Waals surface area contributed by atoms with E-state index in [0.717, 1.165) is 5.57 Å². The van der Waals surface area contributed by atoms with Crippen LogP contribution in [0, 0.1) is 0 Å². The third kappa shape index (κ3) is 9.47. The molecule has 0 aromatic carbocycles. The number of ether oxygens (including phenoxy) is 1. The second kappa shape index (κ2) is 12.5. The number of anilines is 1. The van der Waals surface area contributed by atoms with E-state index < -0.39 is 12.0 Å². The number of amides is 3. The first-order valence-corrected chi connectivity index (χ1v) is 9.01. The Morgan fingerprint density at radius 1 is 1.37 bits per heavy atom. The number of nitrogens with zero attached hydrogens (tertiary/aromatic N) is 2. The summed E-state index contributed by atoms with van der Waals surface area (Å²) in [5.41, 5.74) is 2.79. The maximum Gasteiger partial charge on any atom is 0.413 e. The molecule has 1 heterocycles. The Bertz CT molecular complexity index is 701. The Balaban J connectivity index is 2.34. The third-order valence-corrected chi connectivity index (χ3v) is 3.97. The molecular weight excluding hydrogens is 374 g/mol. The molecule has 3 amide bonds. The number of aromatic nitrogens is 1. The van der Waals surface area contributed by atoms with Gasteiger partial charge in [-0.3, -0.25) is 25.1 Å². The van der Waals surface area contributed by atoms with Gasteiger partial charge in [-0.05, 0) is 13.3 Å². The topological polar surface area (TPSA) is 142 Å². The van der Waals surface area contributed by atoms with E-state index in [9.17, 15) is 14.4 Å². The largest absolute Gasteiger partial charge is 0.444 e. The molecule has 0 saturated heterocycles. The third-order valence-electron chi connectivity index (χ3n) is 3.17. The highest BCUT2D eigenvalue weighted by molar-refractivity contribution is 7.13. The summed E-state index contributed by atoms with van der Waals surface area (Å²) in [6, 6.07) is 0. The van der Waals surface area contributed by atoms with Gasteiger partial charge in [-0.1, -0.05) is 6.08 Å². The molecule has 1 aromatic heterocycles. The molecule has 0 bridgehead atoms. The SMILES string of the molecule is C/C=C(\C=N/C)COC(=O)Nc1nc(CC(=O)NCCCC(=O)NO)cs1. The van der Waals surface area contributed by atoms with Crippen molar-refractivity contribution in [3.63, 3.8) is 0 Å². The summed E-state index contributed by atoms with van der Waals surface area (Å²) in [5.74, 6) is -0.759. The van der Waals surface area contributed by atoms with Crippen molar-refractivity contribution in [1.82, 2.24) is 15.8 Å². The van der Waals surface area contributed by atoms with Crippen molar-refractivity contribution in [3.8, 4) is 0 Å². The molecule has 0 atom stereocenters. The van der Waals surface area contributed by atoms with Crippen molar-refractivity contribution in [2.75, 3.05) is 25.5 Å². The highest BCUT2D eigenvalue weighted by Crippen LogP contribution is 2.16. The zero-order valence-electron chi connectivity index (χ0n) is 15.2. The summed E-state index contributed by atoms with van der Waals surface area (Å²) in [6.07, 6.45) is 3.31. The first kappa shape index (κ1) is 22.3. The van der Waals surface area contributed by atoms with Gasteiger partial charge in [-0.2, -0.15) is 0 Å². The molecule has 0 aliphatic heterocycles. The molecule has 1 rings (SSSR count). The van der Waals surface area contributed by atoms with Crippen LogP contribution in [-0.4, -0.2) is 54.5 Å². The molecule has 0 aliphatic rings. The van der Waals surface area contributed by atoms with Crippen LogP contribution in [0.15, 0.2) is 22.0 Å². The van der Waals surface area contributed by atoms with E-state index in [2.05, 4.69) is 20.6 Å². The van der Waals surface area contributed by atoms with Gasteiger partial charge in [-0.15, -0.1) is 11.3 Å². The van der Waals surface area contributed by atoms with Crippen LogP contribution in [-0.2, 0) is 20.7 Å². The van der Waals surface area contributed by atoms with Crippen molar-refractivity contribution in [2.45, 2.75) is 26.2 Å². The minimum absolute atomic E-state index is 0.0507. The van der Waals surface area contributed by atoms with Crippen LogP contribution in [0.4, 0.5) is 9.93 Å². The van der Waals surface area contributed by atoms with Crippen LogP contribution in [0.1, 0.15) is 25.5 Å². The average Bonchev–Trinajstić information content (AvgIpc) is 3.08. The summed E-state index contributed by atoms with van der Waals surface area (Å²) in [6.45, 7) is 2.22. The Morgan fingerprint density at radius 2 is 2.15 bits per heavy atom. The van der Waals surface area contributed by atoms with E-state index in [-0.39, 0.29) is 25.4 Å². The fourth-order valence-corrected chi connectivity index (χ4v) is 2.53. The maximum atomic E-state index is 11.8. The van der Waals surface area contributed by atoms with Gasteiger partial charge in [0.2, 0.25) is 11.8 Å². The smallest absolute Gasteiger partial charge is 0.413 e. The normalized spacial score (nSPS) is 11.3. The van der Waals surface area contributed by atoms with Crippen molar-refractivity contribution in [3.05, 3.63) is 22.7 Å². The van der Waals surface area contributed by atoms with E-state index in [4.69, 9.17) is 9.94 Å². The van der Waals surface area contributed by atoms with E-state index in [0.29, 0.717) is 23.8 Å². The van der Waals surface area contributed by atoms with E-state index in [1.54, 1.807) is 24.7 Å². The molecular formula is C16H23N5O5S. The zero-order chi connectivity index (χ0) is 20.1. The lowest BCUT2D eigenvalue weighted by Crippen LogP contribution is -2.27. The van der Waals surface area contributed by atoms with Crippen LogP contribution in [0.5, 0.6) is 0 Å². The molecule has 0 radical (unpaired) electrons. The Labute approximate surface area is 160 Å². The van der Waals surface area contributed by atoms with Gasteiger partial charge < -0.3 is 10.1 Å². The van der Waals surface area contributed by atoms with Crippen LogP contribution in [0.2, 0.25) is 0 Å². The zero-order valence-corrected chi connectivity index (χ0v) is 16.0. The van der Waals surface area contributed by atoms with Gasteiger partial charge in [0.15, 0.2) is 5.13 Å². The second-order valence-corrected chi connectivity index (χ2v) is 6.12. The van der Waals surface area contributed by atoms with Crippen LogP contribution in [0.25, 0.3) is 0 Å². The Hall–Kier alpha value is -2.79. The molecule has 0 saturated carbocycles. The number of carbonyl (C=O) groups excluding carboxylic acids is 3. The second-order valence-electron chi connectivity index (χ2n) is 5.26. The number of nitrogens with one attached hydrogen (secondary N) is 3. The van der Waals surface area contributed by atoms with E-state index >= 15 is 0 Å². The Morgan fingerprint density at radius 3 is 2.81 bits per heavy atom. The quantitative estimate of drug-likeness (QED) is 0.203. The Kier molecular flexibility index (Phi) is 10.3. The minimum Gasteiger partial charge on any atom is -0.444 e. The van der Waals surface area contributed by atoms with Gasteiger partial charge in [0.1, 0.15) is 6.61 Å². The van der Waals surface area contributed by atoms with Crippen molar-refractivity contribution in [1.29, 1.82) is 0 Å². The van der Waals surface area contributed by atoms with Gasteiger partial charge in [-0.25, -0.2) is 15.3 Å². The number of rotatable bonds is 10. The number of aliphatic imine (C=N–C) groups is 1. The van der Waals surface area contributed by atoms with Crippen LogP contribution < -0.4 is 16.1 Å². The molecule has 11 heteroatoms. The summed E-state index contributed by atoms with van der Waals surface area (Å²) >= 11 is 1.18. The molecule has 27 heavy (non-hydrogen) atoms. The molecule has 0 fully saturated rings. The minimum atomic E-state index is -0.647. The molecule has 4 N–H and O–H groups in total. The highest BCUT2D eigenvalue weighted by atomic mass is 32.1. The number of allylic oxidation sites excluding steroid dienone is 1. The van der Waals surface area contributed by atoms with Gasteiger partial charge in [0, 0.05) is 37.2 Å². The number of hydrogen-bond acceptors (Lipinski definition) is 8.